The van der Waals surface area contributed by atoms with Crippen LogP contribution in [0.2, 0.25) is 0 Å². The predicted molar refractivity (Wildman–Crippen MR) is 68.2 cm³/mol. The van der Waals surface area contributed by atoms with Gasteiger partial charge in [-0.2, -0.15) is 5.10 Å². The van der Waals surface area contributed by atoms with Gasteiger partial charge in [0, 0.05) is 30.1 Å². The first kappa shape index (κ1) is 9.76. The lowest BCUT2D eigenvalue weighted by molar-refractivity contribution is 0.931. The Morgan fingerprint density at radius 3 is 2.67 bits per heavy atom. The molecule has 1 saturated carbocycles. The van der Waals surface area contributed by atoms with E-state index in [0.717, 1.165) is 16.8 Å². The lowest BCUT2D eigenvalue weighted by atomic mass is 10.1. The summed E-state index contributed by atoms with van der Waals surface area (Å²) in [7, 11) is 0. The summed E-state index contributed by atoms with van der Waals surface area (Å²) in [5, 5.41) is 4.34. The Labute approximate surface area is 104 Å². The average Bonchev–Trinajstić information content (AvgIpc) is 3.18. The molecule has 0 radical (unpaired) electrons. The summed E-state index contributed by atoms with van der Waals surface area (Å²) >= 11 is 0. The largest absolute Gasteiger partial charge is 0.265 e. The highest BCUT2D eigenvalue weighted by Crippen LogP contribution is 2.39. The van der Waals surface area contributed by atoms with Crippen molar-refractivity contribution in [2.24, 2.45) is 0 Å². The van der Waals surface area contributed by atoms with Gasteiger partial charge in [-0.15, -0.1) is 0 Å². The van der Waals surface area contributed by atoms with E-state index >= 15 is 0 Å². The fourth-order valence-electron chi connectivity index (χ4n) is 2.25. The number of hydrogen-bond donors (Lipinski definition) is 0. The van der Waals surface area contributed by atoms with Crippen LogP contribution in [0, 0.1) is 0 Å². The first-order valence-electron chi connectivity index (χ1n) is 6.16. The molecule has 3 aromatic heterocycles. The molecule has 4 nitrogen and oxygen atoms in total. The number of nitrogens with zero attached hydrogens (tertiary/aromatic N) is 4. The maximum absolute atomic E-state index is 4.73. The third kappa shape index (κ3) is 1.49. The highest BCUT2D eigenvalue weighted by Gasteiger charge is 2.26. The first-order valence-corrected chi connectivity index (χ1v) is 6.16. The summed E-state index contributed by atoms with van der Waals surface area (Å²) in [6, 6.07) is 6.01. The maximum Gasteiger partial charge on any atom is 0.161 e. The van der Waals surface area contributed by atoms with E-state index in [-0.39, 0.29) is 0 Å². The molecule has 0 atom stereocenters. The van der Waals surface area contributed by atoms with Gasteiger partial charge < -0.3 is 0 Å². The van der Waals surface area contributed by atoms with Gasteiger partial charge >= 0.3 is 0 Å². The lowest BCUT2D eigenvalue weighted by Gasteiger charge is -2.01. The van der Waals surface area contributed by atoms with Crippen LogP contribution < -0.4 is 0 Å². The Hall–Kier alpha value is -2.23. The van der Waals surface area contributed by atoms with E-state index in [1.54, 1.807) is 12.4 Å². The minimum atomic E-state index is 0.650. The maximum atomic E-state index is 4.73. The van der Waals surface area contributed by atoms with E-state index in [1.165, 1.54) is 18.5 Å². The molecule has 0 amide bonds. The van der Waals surface area contributed by atoms with Gasteiger partial charge in [-0.1, -0.05) is 0 Å². The molecular weight excluding hydrogens is 224 g/mol. The Kier molecular flexibility index (Phi) is 1.97. The summed E-state index contributed by atoms with van der Waals surface area (Å²) in [5.74, 6) is 0.650. The minimum absolute atomic E-state index is 0.650. The number of rotatable bonds is 2. The van der Waals surface area contributed by atoms with Crippen molar-refractivity contribution in [2.45, 2.75) is 18.8 Å². The Bertz CT molecular complexity index is 698. The highest BCUT2D eigenvalue weighted by molar-refractivity contribution is 5.76. The smallest absolute Gasteiger partial charge is 0.161 e. The minimum Gasteiger partial charge on any atom is -0.265 e. The molecular formula is C14H12N4. The van der Waals surface area contributed by atoms with Crippen LogP contribution in [0.25, 0.3) is 16.8 Å². The van der Waals surface area contributed by atoms with Gasteiger partial charge in [0.1, 0.15) is 0 Å². The van der Waals surface area contributed by atoms with Gasteiger partial charge in [0.05, 0.1) is 11.9 Å². The molecule has 4 heteroatoms. The third-order valence-corrected chi connectivity index (χ3v) is 3.37. The summed E-state index contributed by atoms with van der Waals surface area (Å²) < 4.78 is 1.88. The monoisotopic (exact) mass is 236 g/mol. The summed E-state index contributed by atoms with van der Waals surface area (Å²) in [4.78, 5) is 8.78. The van der Waals surface area contributed by atoms with Crippen LogP contribution in [0.15, 0.2) is 43.0 Å². The van der Waals surface area contributed by atoms with Crippen molar-refractivity contribution in [2.75, 3.05) is 0 Å². The van der Waals surface area contributed by atoms with Crippen molar-refractivity contribution in [1.29, 1.82) is 0 Å². The highest BCUT2D eigenvalue weighted by atomic mass is 15.2. The second-order valence-electron chi connectivity index (χ2n) is 4.69. The molecule has 1 aliphatic carbocycles. The number of imidazole rings is 1. The average molecular weight is 236 g/mol. The molecule has 0 unspecified atom stereocenters. The van der Waals surface area contributed by atoms with Crippen LogP contribution >= 0.6 is 0 Å². The van der Waals surface area contributed by atoms with Crippen molar-refractivity contribution in [3.63, 3.8) is 0 Å². The quantitative estimate of drug-likeness (QED) is 0.687. The van der Waals surface area contributed by atoms with Gasteiger partial charge in [0.15, 0.2) is 5.65 Å². The van der Waals surface area contributed by atoms with Crippen LogP contribution in [-0.2, 0) is 0 Å². The fourth-order valence-corrected chi connectivity index (χ4v) is 2.25. The van der Waals surface area contributed by atoms with E-state index in [9.17, 15) is 0 Å². The molecule has 1 aliphatic rings. The van der Waals surface area contributed by atoms with E-state index in [1.807, 2.05) is 28.9 Å². The van der Waals surface area contributed by atoms with Crippen molar-refractivity contribution < 1.29 is 0 Å². The zero-order valence-electron chi connectivity index (χ0n) is 9.82. The topological polar surface area (TPSA) is 43.1 Å². The zero-order chi connectivity index (χ0) is 11.9. The number of pyridine rings is 1. The predicted octanol–water partition coefficient (Wildman–Crippen LogP) is 2.67. The van der Waals surface area contributed by atoms with Crippen molar-refractivity contribution in [1.82, 2.24) is 19.6 Å². The second-order valence-corrected chi connectivity index (χ2v) is 4.69. The summed E-state index contributed by atoms with van der Waals surface area (Å²) in [5.41, 5.74) is 4.35. The Morgan fingerprint density at radius 1 is 1.06 bits per heavy atom. The number of fused-ring (bicyclic) bond motifs is 1. The summed E-state index contributed by atoms with van der Waals surface area (Å²) in [6.45, 7) is 0. The number of hydrogen-bond acceptors (Lipinski definition) is 3. The molecule has 18 heavy (non-hydrogen) atoms. The molecule has 3 heterocycles. The van der Waals surface area contributed by atoms with E-state index in [2.05, 4.69) is 16.3 Å². The zero-order valence-corrected chi connectivity index (χ0v) is 9.82. The van der Waals surface area contributed by atoms with Crippen LogP contribution in [-0.4, -0.2) is 19.6 Å². The van der Waals surface area contributed by atoms with E-state index in [0.29, 0.717) is 5.92 Å². The SMILES string of the molecule is c1cc(-c2ccnn3cc(C4CC4)nc23)ccn1. The second kappa shape index (κ2) is 3.63. The number of aromatic nitrogens is 4. The Morgan fingerprint density at radius 2 is 1.89 bits per heavy atom. The Balaban J connectivity index is 1.94. The lowest BCUT2D eigenvalue weighted by Crippen LogP contribution is -1.91. The normalized spacial score (nSPS) is 15.1. The van der Waals surface area contributed by atoms with Crippen LogP contribution in [0.3, 0.4) is 0 Å². The molecule has 0 bridgehead atoms. The molecule has 0 N–H and O–H groups in total. The molecule has 4 rings (SSSR count). The van der Waals surface area contributed by atoms with Crippen LogP contribution in [0.1, 0.15) is 24.5 Å². The van der Waals surface area contributed by atoms with Gasteiger partial charge in [0.25, 0.3) is 0 Å². The van der Waals surface area contributed by atoms with Gasteiger partial charge in [-0.05, 0) is 36.6 Å². The van der Waals surface area contributed by atoms with E-state index in [4.69, 9.17) is 4.98 Å². The molecule has 88 valence electrons. The van der Waals surface area contributed by atoms with Crippen LogP contribution in [0.5, 0.6) is 0 Å². The molecule has 0 spiro atoms. The van der Waals surface area contributed by atoms with E-state index < -0.39 is 0 Å². The molecule has 0 saturated heterocycles. The first-order chi connectivity index (χ1) is 8.92. The van der Waals surface area contributed by atoms with Crippen LogP contribution in [0.4, 0.5) is 0 Å². The van der Waals surface area contributed by atoms with Crippen molar-refractivity contribution >= 4 is 5.65 Å². The standard InChI is InChI=1S/C14H12N4/c1-2-11(1)13-9-18-14(17-13)12(5-8-16-18)10-3-6-15-7-4-10/h3-9,11H,1-2H2. The fraction of sp³-hybridized carbons (Fsp3) is 0.214. The molecule has 1 fully saturated rings. The van der Waals surface area contributed by atoms with Crippen molar-refractivity contribution in [3.05, 3.63) is 48.7 Å². The van der Waals surface area contributed by atoms with Gasteiger partial charge in [-0.3, -0.25) is 4.98 Å². The van der Waals surface area contributed by atoms with Crippen molar-refractivity contribution in [3.8, 4) is 11.1 Å². The summed E-state index contributed by atoms with van der Waals surface area (Å²) in [6.07, 6.45) is 10.00. The van der Waals surface area contributed by atoms with Gasteiger partial charge in [-0.25, -0.2) is 9.50 Å². The molecule has 0 aliphatic heterocycles. The molecule has 0 aromatic carbocycles. The third-order valence-electron chi connectivity index (χ3n) is 3.37. The molecule has 3 aromatic rings. The van der Waals surface area contributed by atoms with Gasteiger partial charge in [0.2, 0.25) is 0 Å².